The van der Waals surface area contributed by atoms with Crippen molar-refractivity contribution in [2.45, 2.75) is 39.2 Å². The van der Waals surface area contributed by atoms with Gasteiger partial charge in [-0.05, 0) is 47.7 Å². The molecule has 2 aromatic carbocycles. The standard InChI is InChI=1S/C23H28N2O5/c1-13(2)22(26)24-16-6-5-7-17(11-16)30-18-9-8-15-10-20(29-4)21(23(27)25-28)14(3)19(15)12-18/h5-9,11-14,20-21,28H,10H2,1-4H3,(H,24,26)(H,25,27). The molecule has 1 aliphatic carbocycles. The number of ether oxygens (including phenoxy) is 2. The second-order valence-electron chi connectivity index (χ2n) is 7.90. The Hall–Kier alpha value is -2.90. The fraction of sp³-hybridized carbons (Fsp3) is 0.391. The summed E-state index contributed by atoms with van der Waals surface area (Å²) in [5.74, 6) is -0.0676. The number of hydrogen-bond donors (Lipinski definition) is 3. The number of carbonyl (C=O) groups is 2. The lowest BCUT2D eigenvalue weighted by Gasteiger charge is -2.35. The zero-order valence-electron chi connectivity index (χ0n) is 17.6. The molecular formula is C23H28N2O5. The molecule has 3 rings (SSSR count). The van der Waals surface area contributed by atoms with Crippen molar-refractivity contribution in [1.29, 1.82) is 0 Å². The second-order valence-corrected chi connectivity index (χ2v) is 7.90. The molecule has 0 aliphatic heterocycles. The van der Waals surface area contributed by atoms with Gasteiger partial charge < -0.3 is 14.8 Å². The van der Waals surface area contributed by atoms with Gasteiger partial charge in [0.05, 0.1) is 12.0 Å². The molecular weight excluding hydrogens is 384 g/mol. The van der Waals surface area contributed by atoms with Gasteiger partial charge in [0.25, 0.3) is 0 Å². The van der Waals surface area contributed by atoms with E-state index < -0.39 is 11.8 Å². The molecule has 3 atom stereocenters. The highest BCUT2D eigenvalue weighted by Gasteiger charge is 2.39. The van der Waals surface area contributed by atoms with Crippen LogP contribution in [0.5, 0.6) is 11.5 Å². The predicted molar refractivity (Wildman–Crippen MR) is 113 cm³/mol. The van der Waals surface area contributed by atoms with Crippen molar-refractivity contribution in [3.8, 4) is 11.5 Å². The van der Waals surface area contributed by atoms with Crippen LogP contribution >= 0.6 is 0 Å². The number of nitrogens with one attached hydrogen (secondary N) is 2. The van der Waals surface area contributed by atoms with Gasteiger partial charge in [0.15, 0.2) is 0 Å². The maximum Gasteiger partial charge on any atom is 0.249 e. The van der Waals surface area contributed by atoms with Crippen molar-refractivity contribution in [2.75, 3.05) is 12.4 Å². The molecule has 160 valence electrons. The first kappa shape index (κ1) is 21.8. The summed E-state index contributed by atoms with van der Waals surface area (Å²) in [5.41, 5.74) is 4.50. The number of rotatable bonds is 6. The molecule has 3 unspecified atom stereocenters. The quantitative estimate of drug-likeness (QED) is 0.494. The highest BCUT2D eigenvalue weighted by Crippen LogP contribution is 2.40. The van der Waals surface area contributed by atoms with Crippen LogP contribution in [0, 0.1) is 11.8 Å². The maximum atomic E-state index is 12.2. The van der Waals surface area contributed by atoms with Gasteiger partial charge in [0.1, 0.15) is 11.5 Å². The van der Waals surface area contributed by atoms with Gasteiger partial charge in [-0.25, -0.2) is 5.48 Å². The first-order chi connectivity index (χ1) is 14.3. The Kier molecular flexibility index (Phi) is 6.74. The average molecular weight is 412 g/mol. The predicted octanol–water partition coefficient (Wildman–Crippen LogP) is 3.87. The summed E-state index contributed by atoms with van der Waals surface area (Å²) in [6.45, 7) is 5.61. The Morgan fingerprint density at radius 3 is 2.53 bits per heavy atom. The summed E-state index contributed by atoms with van der Waals surface area (Å²) in [4.78, 5) is 24.1. The third-order valence-corrected chi connectivity index (χ3v) is 5.55. The van der Waals surface area contributed by atoms with Crippen molar-refractivity contribution < 1.29 is 24.3 Å². The number of amides is 2. The van der Waals surface area contributed by atoms with Gasteiger partial charge in [-0.2, -0.15) is 0 Å². The topological polar surface area (TPSA) is 96.9 Å². The molecule has 0 radical (unpaired) electrons. The molecule has 0 fully saturated rings. The van der Waals surface area contributed by atoms with E-state index in [1.54, 1.807) is 18.7 Å². The number of methoxy groups -OCH3 is 1. The van der Waals surface area contributed by atoms with Gasteiger partial charge in [-0.15, -0.1) is 0 Å². The van der Waals surface area contributed by atoms with Crippen LogP contribution in [-0.2, 0) is 20.7 Å². The van der Waals surface area contributed by atoms with Crippen LogP contribution < -0.4 is 15.5 Å². The van der Waals surface area contributed by atoms with Crippen molar-refractivity contribution >= 4 is 17.5 Å². The summed E-state index contributed by atoms with van der Waals surface area (Å²) in [5, 5.41) is 12.0. The number of carbonyl (C=O) groups excluding carboxylic acids is 2. The maximum absolute atomic E-state index is 12.2. The second kappa shape index (κ2) is 9.28. The molecule has 2 aromatic rings. The van der Waals surface area contributed by atoms with E-state index in [-0.39, 0.29) is 23.8 Å². The molecule has 0 aromatic heterocycles. The minimum absolute atomic E-state index is 0.0596. The van der Waals surface area contributed by atoms with Crippen LogP contribution in [0.2, 0.25) is 0 Å². The van der Waals surface area contributed by atoms with E-state index in [9.17, 15) is 9.59 Å². The lowest BCUT2D eigenvalue weighted by molar-refractivity contribution is -0.139. The first-order valence-electron chi connectivity index (χ1n) is 10.0. The minimum Gasteiger partial charge on any atom is -0.457 e. The van der Waals surface area contributed by atoms with Gasteiger partial charge in [-0.1, -0.05) is 32.9 Å². The molecule has 0 spiro atoms. The number of benzene rings is 2. The molecule has 0 saturated heterocycles. The summed E-state index contributed by atoms with van der Waals surface area (Å²) < 4.78 is 11.5. The molecule has 30 heavy (non-hydrogen) atoms. The monoisotopic (exact) mass is 412 g/mol. The highest BCUT2D eigenvalue weighted by molar-refractivity contribution is 5.92. The van der Waals surface area contributed by atoms with Crippen LogP contribution in [0.4, 0.5) is 5.69 Å². The Morgan fingerprint density at radius 2 is 1.87 bits per heavy atom. The first-order valence-corrected chi connectivity index (χ1v) is 10.0. The van der Waals surface area contributed by atoms with Crippen LogP contribution in [0.3, 0.4) is 0 Å². The number of hydrogen-bond acceptors (Lipinski definition) is 5. The smallest absolute Gasteiger partial charge is 0.249 e. The molecule has 0 bridgehead atoms. The third kappa shape index (κ3) is 4.63. The number of fused-ring (bicyclic) bond motifs is 1. The molecule has 0 saturated carbocycles. The Morgan fingerprint density at radius 1 is 1.13 bits per heavy atom. The zero-order valence-corrected chi connectivity index (χ0v) is 17.6. The fourth-order valence-electron chi connectivity index (χ4n) is 3.87. The zero-order chi connectivity index (χ0) is 21.8. The normalized spacial score (nSPS) is 20.4. The van der Waals surface area contributed by atoms with Gasteiger partial charge >= 0.3 is 0 Å². The molecule has 0 heterocycles. The van der Waals surface area contributed by atoms with Crippen molar-refractivity contribution in [3.05, 3.63) is 53.6 Å². The van der Waals surface area contributed by atoms with E-state index in [2.05, 4.69) is 5.32 Å². The van der Waals surface area contributed by atoms with Gasteiger partial charge in [-0.3, -0.25) is 14.8 Å². The summed E-state index contributed by atoms with van der Waals surface area (Å²) in [6.07, 6.45) is 0.262. The lowest BCUT2D eigenvalue weighted by atomic mass is 9.74. The largest absolute Gasteiger partial charge is 0.457 e. The molecule has 7 heteroatoms. The summed E-state index contributed by atoms with van der Waals surface area (Å²) >= 11 is 0. The van der Waals surface area contributed by atoms with E-state index in [1.807, 2.05) is 57.2 Å². The Bertz CT molecular complexity index is 928. The van der Waals surface area contributed by atoms with E-state index in [4.69, 9.17) is 14.7 Å². The minimum atomic E-state index is -0.502. The molecule has 1 aliphatic rings. The molecule has 3 N–H and O–H groups in total. The Labute approximate surface area is 176 Å². The molecule has 2 amide bonds. The fourth-order valence-corrected chi connectivity index (χ4v) is 3.87. The lowest BCUT2D eigenvalue weighted by Crippen LogP contribution is -2.44. The van der Waals surface area contributed by atoms with E-state index in [0.29, 0.717) is 23.6 Å². The van der Waals surface area contributed by atoms with E-state index >= 15 is 0 Å². The summed E-state index contributed by atoms with van der Waals surface area (Å²) in [7, 11) is 1.57. The van der Waals surface area contributed by atoms with Crippen LogP contribution in [-0.4, -0.2) is 30.2 Å². The highest BCUT2D eigenvalue weighted by atomic mass is 16.5. The van der Waals surface area contributed by atoms with Crippen molar-refractivity contribution in [2.24, 2.45) is 11.8 Å². The van der Waals surface area contributed by atoms with Gasteiger partial charge in [0.2, 0.25) is 11.8 Å². The van der Waals surface area contributed by atoms with Crippen molar-refractivity contribution in [3.63, 3.8) is 0 Å². The van der Waals surface area contributed by atoms with Gasteiger partial charge in [0, 0.05) is 24.8 Å². The Balaban J connectivity index is 1.83. The molecule has 7 nitrogen and oxygen atoms in total. The van der Waals surface area contributed by atoms with E-state index in [0.717, 1.165) is 11.1 Å². The van der Waals surface area contributed by atoms with Crippen molar-refractivity contribution in [1.82, 2.24) is 5.48 Å². The SMILES string of the molecule is COC1Cc2ccc(Oc3cccc(NC(=O)C(C)C)c3)cc2C(C)C1C(=O)NO. The average Bonchev–Trinajstić information content (AvgIpc) is 2.73. The number of anilines is 1. The van der Waals surface area contributed by atoms with Crippen LogP contribution in [0.1, 0.15) is 37.8 Å². The van der Waals surface area contributed by atoms with E-state index in [1.165, 1.54) is 0 Å². The number of hydroxylamine groups is 1. The summed E-state index contributed by atoms with van der Waals surface area (Å²) in [6, 6.07) is 13.0. The van der Waals surface area contributed by atoms with Crippen LogP contribution in [0.25, 0.3) is 0 Å². The van der Waals surface area contributed by atoms with Crippen LogP contribution in [0.15, 0.2) is 42.5 Å². The third-order valence-electron chi connectivity index (χ3n) is 5.55.